The average molecular weight is 228 g/mol. The van der Waals surface area contributed by atoms with Gasteiger partial charge < -0.3 is 19.7 Å². The van der Waals surface area contributed by atoms with Crippen molar-refractivity contribution in [1.82, 2.24) is 10.5 Å². The van der Waals surface area contributed by atoms with Gasteiger partial charge in [0.25, 0.3) is 0 Å². The van der Waals surface area contributed by atoms with E-state index in [2.05, 4.69) is 10.5 Å². The zero-order valence-electron chi connectivity index (χ0n) is 10.1. The molecule has 92 valence electrons. The Labute approximate surface area is 95.8 Å². The molecule has 0 aliphatic heterocycles. The van der Waals surface area contributed by atoms with Crippen LogP contribution in [0.4, 0.5) is 0 Å². The Bertz CT molecular complexity index is 306. The highest BCUT2D eigenvalue weighted by Gasteiger charge is 2.23. The van der Waals surface area contributed by atoms with Gasteiger partial charge in [-0.25, -0.2) is 0 Å². The predicted molar refractivity (Wildman–Crippen MR) is 60.1 cm³/mol. The fraction of sp³-hybridized carbons (Fsp3) is 0.727. The van der Waals surface area contributed by atoms with Gasteiger partial charge in [-0.1, -0.05) is 5.16 Å². The molecule has 1 aromatic rings. The SMILES string of the molecule is COC[C@@](C)(CCO)NCc1cc(C)no1. The molecular weight excluding hydrogens is 208 g/mol. The molecule has 0 aromatic carbocycles. The molecular formula is C11H20N2O3. The van der Waals surface area contributed by atoms with E-state index in [1.54, 1.807) is 7.11 Å². The maximum atomic E-state index is 9.00. The van der Waals surface area contributed by atoms with Crippen molar-refractivity contribution in [2.45, 2.75) is 32.4 Å². The maximum Gasteiger partial charge on any atom is 0.150 e. The molecule has 1 aromatic heterocycles. The van der Waals surface area contributed by atoms with Gasteiger partial charge in [0.2, 0.25) is 0 Å². The van der Waals surface area contributed by atoms with Crippen molar-refractivity contribution in [3.8, 4) is 0 Å². The standard InChI is InChI=1S/C11H20N2O3/c1-9-6-10(16-13-9)7-12-11(2,4-5-14)8-15-3/h6,12,14H,4-5,7-8H2,1-3H3/t11-/m1/s1. The second-order valence-electron chi connectivity index (χ2n) is 4.26. The van der Waals surface area contributed by atoms with Gasteiger partial charge in [-0.05, 0) is 20.3 Å². The number of aryl methyl sites for hydroxylation is 1. The van der Waals surface area contributed by atoms with Crippen LogP contribution in [0.15, 0.2) is 10.6 Å². The molecule has 0 radical (unpaired) electrons. The summed E-state index contributed by atoms with van der Waals surface area (Å²) in [5.74, 6) is 0.790. The first-order chi connectivity index (χ1) is 7.59. The third kappa shape index (κ3) is 3.92. The summed E-state index contributed by atoms with van der Waals surface area (Å²) in [6, 6.07) is 1.89. The Kier molecular flexibility index (Phi) is 4.92. The summed E-state index contributed by atoms with van der Waals surface area (Å²) >= 11 is 0. The minimum atomic E-state index is -0.246. The number of ether oxygens (including phenoxy) is 1. The van der Waals surface area contributed by atoms with E-state index < -0.39 is 0 Å². The second-order valence-corrected chi connectivity index (χ2v) is 4.26. The number of aromatic nitrogens is 1. The smallest absolute Gasteiger partial charge is 0.150 e. The highest BCUT2D eigenvalue weighted by atomic mass is 16.5. The Morgan fingerprint density at radius 1 is 1.62 bits per heavy atom. The molecule has 5 nitrogen and oxygen atoms in total. The van der Waals surface area contributed by atoms with E-state index in [9.17, 15) is 0 Å². The van der Waals surface area contributed by atoms with Crippen LogP contribution in [0.1, 0.15) is 24.8 Å². The molecule has 1 atom stereocenters. The molecule has 0 amide bonds. The van der Waals surface area contributed by atoms with Gasteiger partial charge in [-0.15, -0.1) is 0 Å². The van der Waals surface area contributed by atoms with Gasteiger partial charge in [0, 0.05) is 25.3 Å². The number of aliphatic hydroxyl groups excluding tert-OH is 1. The van der Waals surface area contributed by atoms with Crippen LogP contribution in [0.5, 0.6) is 0 Å². The minimum absolute atomic E-state index is 0.127. The quantitative estimate of drug-likeness (QED) is 0.724. The predicted octanol–water partition coefficient (Wildman–Crippen LogP) is 0.860. The van der Waals surface area contributed by atoms with Crippen molar-refractivity contribution in [2.24, 2.45) is 0 Å². The molecule has 1 rings (SSSR count). The first-order valence-corrected chi connectivity index (χ1v) is 5.37. The number of rotatable bonds is 7. The topological polar surface area (TPSA) is 67.5 Å². The van der Waals surface area contributed by atoms with E-state index in [0.717, 1.165) is 11.5 Å². The Morgan fingerprint density at radius 3 is 2.88 bits per heavy atom. The largest absolute Gasteiger partial charge is 0.396 e. The van der Waals surface area contributed by atoms with Crippen molar-refractivity contribution in [1.29, 1.82) is 0 Å². The van der Waals surface area contributed by atoms with Crippen LogP contribution in [0.2, 0.25) is 0 Å². The lowest BCUT2D eigenvalue weighted by Crippen LogP contribution is -2.46. The summed E-state index contributed by atoms with van der Waals surface area (Å²) < 4.78 is 10.2. The highest BCUT2D eigenvalue weighted by Crippen LogP contribution is 2.11. The van der Waals surface area contributed by atoms with Gasteiger partial charge >= 0.3 is 0 Å². The van der Waals surface area contributed by atoms with Gasteiger partial charge in [0.1, 0.15) is 0 Å². The van der Waals surface area contributed by atoms with Crippen LogP contribution in [-0.2, 0) is 11.3 Å². The summed E-state index contributed by atoms with van der Waals surface area (Å²) in [4.78, 5) is 0. The molecule has 5 heteroatoms. The number of nitrogens with one attached hydrogen (secondary N) is 1. The first kappa shape index (κ1) is 13.2. The van der Waals surface area contributed by atoms with Crippen LogP contribution >= 0.6 is 0 Å². The zero-order chi connectivity index (χ0) is 12.0. The molecule has 0 saturated carbocycles. The lowest BCUT2D eigenvalue weighted by Gasteiger charge is -2.29. The normalized spacial score (nSPS) is 15.0. The Hall–Kier alpha value is -0.910. The van der Waals surface area contributed by atoms with E-state index in [4.69, 9.17) is 14.4 Å². The number of hydrogen-bond acceptors (Lipinski definition) is 5. The molecule has 0 spiro atoms. The summed E-state index contributed by atoms with van der Waals surface area (Å²) in [6.07, 6.45) is 0.633. The van der Waals surface area contributed by atoms with E-state index in [1.807, 2.05) is 19.9 Å². The number of nitrogens with zero attached hydrogens (tertiary/aromatic N) is 1. The molecule has 0 aliphatic carbocycles. The molecule has 0 aliphatic rings. The van der Waals surface area contributed by atoms with Crippen molar-refractivity contribution in [2.75, 3.05) is 20.3 Å². The van der Waals surface area contributed by atoms with E-state index in [0.29, 0.717) is 19.6 Å². The van der Waals surface area contributed by atoms with Crippen LogP contribution in [0.25, 0.3) is 0 Å². The minimum Gasteiger partial charge on any atom is -0.396 e. The zero-order valence-corrected chi connectivity index (χ0v) is 10.1. The van der Waals surface area contributed by atoms with Crippen LogP contribution < -0.4 is 5.32 Å². The number of aliphatic hydroxyl groups is 1. The molecule has 0 fully saturated rings. The summed E-state index contributed by atoms with van der Waals surface area (Å²) in [7, 11) is 1.65. The fourth-order valence-corrected chi connectivity index (χ4v) is 1.58. The summed E-state index contributed by atoms with van der Waals surface area (Å²) in [5, 5.41) is 16.1. The van der Waals surface area contributed by atoms with Gasteiger partial charge in [0.15, 0.2) is 5.76 Å². The monoisotopic (exact) mass is 228 g/mol. The Morgan fingerprint density at radius 2 is 2.38 bits per heavy atom. The Balaban J connectivity index is 2.49. The second kappa shape index (κ2) is 5.98. The van der Waals surface area contributed by atoms with Crippen molar-refractivity contribution in [3.05, 3.63) is 17.5 Å². The third-order valence-corrected chi connectivity index (χ3v) is 2.49. The van der Waals surface area contributed by atoms with Crippen molar-refractivity contribution in [3.63, 3.8) is 0 Å². The molecule has 2 N–H and O–H groups in total. The van der Waals surface area contributed by atoms with Crippen LogP contribution in [0, 0.1) is 6.92 Å². The van der Waals surface area contributed by atoms with Crippen LogP contribution in [0.3, 0.4) is 0 Å². The first-order valence-electron chi connectivity index (χ1n) is 5.37. The lowest BCUT2D eigenvalue weighted by molar-refractivity contribution is 0.0951. The number of hydrogen-bond donors (Lipinski definition) is 2. The molecule has 0 unspecified atom stereocenters. The third-order valence-electron chi connectivity index (χ3n) is 2.49. The van der Waals surface area contributed by atoms with Crippen molar-refractivity contribution >= 4 is 0 Å². The average Bonchev–Trinajstić information content (AvgIpc) is 2.62. The van der Waals surface area contributed by atoms with Crippen LogP contribution in [-0.4, -0.2) is 36.1 Å². The molecule has 0 bridgehead atoms. The summed E-state index contributed by atoms with van der Waals surface area (Å²) in [6.45, 7) is 5.15. The van der Waals surface area contributed by atoms with E-state index in [-0.39, 0.29) is 12.1 Å². The maximum absolute atomic E-state index is 9.00. The summed E-state index contributed by atoms with van der Waals surface area (Å²) in [5.41, 5.74) is 0.622. The van der Waals surface area contributed by atoms with Gasteiger partial charge in [-0.2, -0.15) is 0 Å². The highest BCUT2D eigenvalue weighted by molar-refractivity contribution is 5.03. The lowest BCUT2D eigenvalue weighted by atomic mass is 9.99. The molecule has 0 saturated heterocycles. The van der Waals surface area contributed by atoms with E-state index in [1.165, 1.54) is 0 Å². The molecule has 1 heterocycles. The van der Waals surface area contributed by atoms with E-state index >= 15 is 0 Å². The fourth-order valence-electron chi connectivity index (χ4n) is 1.58. The molecule has 16 heavy (non-hydrogen) atoms. The van der Waals surface area contributed by atoms with Gasteiger partial charge in [-0.3, -0.25) is 0 Å². The van der Waals surface area contributed by atoms with Gasteiger partial charge in [0.05, 0.1) is 18.8 Å². The number of methoxy groups -OCH3 is 1. The van der Waals surface area contributed by atoms with Crippen molar-refractivity contribution < 1.29 is 14.4 Å².